The number of hydrogen-bond acceptors (Lipinski definition) is 8. The van der Waals surface area contributed by atoms with Crippen LogP contribution in [0.5, 0.6) is 0 Å². The van der Waals surface area contributed by atoms with E-state index in [4.69, 9.17) is 21.4 Å². The van der Waals surface area contributed by atoms with Crippen LogP contribution in [0.4, 0.5) is 8.78 Å². The van der Waals surface area contributed by atoms with Crippen LogP contribution >= 0.6 is 22.9 Å². The Balaban J connectivity index is 1.77. The van der Waals surface area contributed by atoms with Crippen LogP contribution in [0.15, 0.2) is 46.0 Å². The van der Waals surface area contributed by atoms with Crippen LogP contribution in [0.2, 0.25) is 5.02 Å². The van der Waals surface area contributed by atoms with Gasteiger partial charge in [-0.15, -0.1) is 11.3 Å². The second kappa shape index (κ2) is 9.16. The lowest BCUT2D eigenvalue weighted by Crippen LogP contribution is -2.64. The zero-order valence-electron chi connectivity index (χ0n) is 17.3. The molecule has 0 saturated carbocycles. The summed E-state index contributed by atoms with van der Waals surface area (Å²) >= 11 is 7.61. The van der Waals surface area contributed by atoms with E-state index >= 15 is 0 Å². The third kappa shape index (κ3) is 4.61. The number of rotatable bonds is 7. The smallest absolute Gasteiger partial charge is 0.344 e. The predicted molar refractivity (Wildman–Crippen MR) is 118 cm³/mol. The van der Waals surface area contributed by atoms with Crippen LogP contribution in [-0.4, -0.2) is 64.7 Å². The summed E-state index contributed by atoms with van der Waals surface area (Å²) in [5.74, 6) is -2.39. The summed E-state index contributed by atoms with van der Waals surface area (Å²) in [4.78, 5) is 34.5. The fraction of sp³-hybridized carbons (Fsp3) is 0.333. The molecule has 12 heteroatoms. The van der Waals surface area contributed by atoms with Crippen molar-refractivity contribution in [2.45, 2.75) is 18.6 Å². The number of thiazole rings is 1. The van der Waals surface area contributed by atoms with Crippen LogP contribution in [0, 0.1) is 5.82 Å². The number of carboxylic acids is 1. The average molecular weight is 497 g/mol. The molecular formula is C21H19ClF2N4O4S. The highest BCUT2D eigenvalue weighted by molar-refractivity contribution is 7.11. The number of aromatic nitrogens is 1. The Labute approximate surface area is 196 Å². The minimum atomic E-state index is -2.34. The van der Waals surface area contributed by atoms with E-state index in [-0.39, 0.29) is 36.8 Å². The van der Waals surface area contributed by atoms with Gasteiger partial charge in [0, 0.05) is 47.5 Å². The lowest BCUT2D eigenvalue weighted by atomic mass is 9.93. The van der Waals surface area contributed by atoms with Crippen LogP contribution < -0.4 is 5.32 Å². The highest BCUT2D eigenvalue weighted by Crippen LogP contribution is 2.37. The topological polar surface area (TPSA) is 104 Å². The van der Waals surface area contributed by atoms with Crippen molar-refractivity contribution in [1.29, 1.82) is 0 Å². The molecule has 1 aromatic carbocycles. The fourth-order valence-electron chi connectivity index (χ4n) is 3.70. The van der Waals surface area contributed by atoms with E-state index in [1.807, 2.05) is 0 Å². The Kier molecular flexibility index (Phi) is 6.46. The molecule has 33 heavy (non-hydrogen) atoms. The number of nitrogens with one attached hydrogen (secondary N) is 1. The van der Waals surface area contributed by atoms with Gasteiger partial charge in [-0.25, -0.2) is 23.4 Å². The van der Waals surface area contributed by atoms with Crippen molar-refractivity contribution < 1.29 is 28.2 Å². The summed E-state index contributed by atoms with van der Waals surface area (Å²) in [5, 5.41) is 14.5. The summed E-state index contributed by atoms with van der Waals surface area (Å²) in [7, 11) is 0. The molecule has 2 N–H and O–H groups in total. The first kappa shape index (κ1) is 23.3. The van der Waals surface area contributed by atoms with E-state index in [9.17, 15) is 18.4 Å². The second-order valence-corrected chi connectivity index (χ2v) is 8.84. The van der Waals surface area contributed by atoms with Gasteiger partial charge >= 0.3 is 11.9 Å². The predicted octanol–water partition coefficient (Wildman–Crippen LogP) is 2.95. The van der Waals surface area contributed by atoms with Gasteiger partial charge in [-0.1, -0.05) is 17.7 Å². The van der Waals surface area contributed by atoms with E-state index < -0.39 is 29.5 Å². The van der Waals surface area contributed by atoms with E-state index in [2.05, 4.69) is 15.3 Å². The number of aliphatic imine (C=N–C) groups is 1. The monoisotopic (exact) mass is 496 g/mol. The maximum absolute atomic E-state index is 14.3. The number of alkyl halides is 1. The Morgan fingerprint density at radius 1 is 1.42 bits per heavy atom. The van der Waals surface area contributed by atoms with Crippen molar-refractivity contribution >= 4 is 40.7 Å². The molecule has 2 aliphatic rings. The summed E-state index contributed by atoms with van der Waals surface area (Å²) in [6.07, 6.45) is 1.59. The molecule has 1 fully saturated rings. The molecule has 0 bridgehead atoms. The zero-order valence-corrected chi connectivity index (χ0v) is 18.9. The van der Waals surface area contributed by atoms with E-state index in [0.29, 0.717) is 22.1 Å². The van der Waals surface area contributed by atoms with E-state index in [1.54, 1.807) is 23.4 Å². The number of hydrogen-bond donors (Lipinski definition) is 2. The first-order valence-corrected chi connectivity index (χ1v) is 11.2. The van der Waals surface area contributed by atoms with Gasteiger partial charge in [-0.3, -0.25) is 9.89 Å². The molecule has 8 nitrogen and oxygen atoms in total. The minimum absolute atomic E-state index is 0.0345. The van der Waals surface area contributed by atoms with Crippen LogP contribution in [0.3, 0.4) is 0 Å². The molecule has 0 amide bonds. The maximum atomic E-state index is 14.3. The molecule has 0 unspecified atom stereocenters. The van der Waals surface area contributed by atoms with Gasteiger partial charge in [0.1, 0.15) is 11.9 Å². The number of nitrogens with zero attached hydrogens (tertiary/aromatic N) is 3. The summed E-state index contributed by atoms with van der Waals surface area (Å²) in [6.45, 7) is 1.11. The molecule has 2 aromatic rings. The molecule has 174 valence electrons. The maximum Gasteiger partial charge on any atom is 0.344 e. The van der Waals surface area contributed by atoms with Gasteiger partial charge in [0.25, 0.3) is 0 Å². The van der Waals surface area contributed by atoms with Gasteiger partial charge in [0.05, 0.1) is 12.2 Å². The Morgan fingerprint density at radius 2 is 2.18 bits per heavy atom. The number of ether oxygens (including phenoxy) is 1. The Morgan fingerprint density at radius 3 is 2.79 bits per heavy atom. The van der Waals surface area contributed by atoms with Crippen molar-refractivity contribution in [3.05, 3.63) is 62.5 Å². The lowest BCUT2D eigenvalue weighted by Gasteiger charge is -2.42. The minimum Gasteiger partial charge on any atom is -0.479 e. The molecule has 3 heterocycles. The molecule has 2 aliphatic heterocycles. The van der Waals surface area contributed by atoms with Gasteiger partial charge in [0.15, 0.2) is 10.8 Å². The summed E-state index contributed by atoms with van der Waals surface area (Å²) in [6, 6.07) is 2.83. The number of carboxylic acid groups (broad SMARTS) is 1. The van der Waals surface area contributed by atoms with Crippen molar-refractivity contribution in [3.63, 3.8) is 0 Å². The van der Waals surface area contributed by atoms with Gasteiger partial charge < -0.3 is 15.2 Å². The molecule has 1 atom stereocenters. The Bertz CT molecular complexity index is 1150. The molecular weight excluding hydrogens is 478 g/mol. The van der Waals surface area contributed by atoms with Crippen molar-refractivity contribution in [2.75, 3.05) is 26.2 Å². The molecule has 0 radical (unpaired) electrons. The van der Waals surface area contributed by atoms with E-state index in [0.717, 1.165) is 6.07 Å². The normalized spacial score (nSPS) is 20.0. The van der Waals surface area contributed by atoms with Crippen LogP contribution in [0.25, 0.3) is 0 Å². The summed E-state index contributed by atoms with van der Waals surface area (Å²) < 4.78 is 33.2. The average Bonchev–Trinajstić information content (AvgIpc) is 3.27. The number of carbonyl (C=O) groups is 2. The zero-order chi connectivity index (χ0) is 23.8. The van der Waals surface area contributed by atoms with Crippen molar-refractivity contribution in [1.82, 2.24) is 15.2 Å². The van der Waals surface area contributed by atoms with Crippen molar-refractivity contribution in [3.8, 4) is 0 Å². The van der Waals surface area contributed by atoms with Gasteiger partial charge in [0.2, 0.25) is 5.67 Å². The summed E-state index contributed by atoms with van der Waals surface area (Å²) in [5.41, 5.74) is -1.49. The molecule has 0 spiro atoms. The molecule has 4 rings (SSSR count). The first-order chi connectivity index (χ1) is 15.7. The molecule has 1 saturated heterocycles. The number of benzene rings is 1. The SMILES string of the molecule is CCOC(=O)C1=C(CN2CC(F)(C(=O)O)C2)NC(c2nccs2)=N[C@H]1c1ccc(F)cc1Cl. The van der Waals surface area contributed by atoms with E-state index in [1.165, 1.54) is 23.5 Å². The highest BCUT2D eigenvalue weighted by Gasteiger charge is 2.51. The number of carbonyl (C=O) groups excluding carboxylic acids is 1. The highest BCUT2D eigenvalue weighted by atomic mass is 35.5. The second-order valence-electron chi connectivity index (χ2n) is 7.54. The van der Waals surface area contributed by atoms with Gasteiger partial charge in [-0.2, -0.15) is 0 Å². The number of esters is 1. The fourth-order valence-corrected chi connectivity index (χ4v) is 4.56. The number of aliphatic carboxylic acids is 1. The standard InChI is InChI=1S/C21H19ClF2N4O4S/c1-2-32-19(29)15-14(8-28-9-21(24,10-28)20(30)31)26-17(18-25-5-6-33-18)27-16(15)12-4-3-11(23)7-13(12)22/h3-7,16H,2,8-10H2,1H3,(H,26,27)(H,30,31)/t16-/m0/s1. The number of amidine groups is 1. The molecule has 0 aliphatic carbocycles. The van der Waals surface area contributed by atoms with Crippen LogP contribution in [-0.2, 0) is 14.3 Å². The third-order valence-corrected chi connectivity index (χ3v) is 6.33. The Hall–Kier alpha value is -2.89. The number of likely N-dealkylation sites (tertiary alicyclic amines) is 1. The van der Waals surface area contributed by atoms with Gasteiger partial charge in [-0.05, 0) is 19.1 Å². The first-order valence-electron chi connectivity index (χ1n) is 9.96. The van der Waals surface area contributed by atoms with Crippen LogP contribution in [0.1, 0.15) is 23.5 Å². The third-order valence-electron chi connectivity index (χ3n) is 5.23. The largest absolute Gasteiger partial charge is 0.479 e. The molecule has 1 aromatic heterocycles. The quantitative estimate of drug-likeness (QED) is 0.568. The van der Waals surface area contributed by atoms with Crippen molar-refractivity contribution in [2.24, 2.45) is 4.99 Å². The lowest BCUT2D eigenvalue weighted by molar-refractivity contribution is -0.163. The number of halogens is 3.